The number of carbonyl (C=O) groups excluding carboxylic acids is 3. The predicted octanol–water partition coefficient (Wildman–Crippen LogP) is 5.45. The number of allylic oxidation sites excluding steroid dienone is 6. The zero-order valence-corrected chi connectivity index (χ0v) is 27.5. The van der Waals surface area contributed by atoms with Crippen LogP contribution in [0.2, 0.25) is 0 Å². The van der Waals surface area contributed by atoms with E-state index >= 15 is 0 Å². The van der Waals surface area contributed by atoms with E-state index in [0.29, 0.717) is 49.7 Å². The Balaban J connectivity index is 1.55. The van der Waals surface area contributed by atoms with Crippen LogP contribution in [0, 0.1) is 5.92 Å². The average molecular weight is 649 g/mol. The van der Waals surface area contributed by atoms with Gasteiger partial charge in [-0.2, -0.15) is 0 Å². The number of phenols is 2. The van der Waals surface area contributed by atoms with Crippen LogP contribution in [0.15, 0.2) is 71.9 Å². The van der Waals surface area contributed by atoms with E-state index in [1.54, 1.807) is 31.2 Å². The first-order valence-corrected chi connectivity index (χ1v) is 16.5. The molecule has 0 saturated heterocycles. The fraction of sp³-hybridized carbons (Fsp3) is 0.486. The Kier molecular flexibility index (Phi) is 12.6. The Labute approximate surface area is 276 Å². The molecule has 2 amide bonds. The van der Waals surface area contributed by atoms with E-state index in [1.165, 1.54) is 19.2 Å². The third-order valence-corrected chi connectivity index (χ3v) is 9.07. The molecule has 254 valence electrons. The molecular formula is C37H48N2O8. The Morgan fingerprint density at radius 1 is 1.02 bits per heavy atom. The van der Waals surface area contributed by atoms with Gasteiger partial charge in [0, 0.05) is 31.1 Å². The number of anilines is 1. The van der Waals surface area contributed by atoms with Crippen LogP contribution in [0.4, 0.5) is 5.69 Å². The number of carbonyl (C=O) groups is 3. The lowest BCUT2D eigenvalue weighted by atomic mass is 9.90. The number of rotatable bonds is 5. The zero-order valence-electron chi connectivity index (χ0n) is 27.5. The number of aryl methyl sites for hydroxylation is 1. The summed E-state index contributed by atoms with van der Waals surface area (Å²) in [4.78, 5) is 39.1. The highest BCUT2D eigenvalue weighted by molar-refractivity contribution is 5.99. The SMILES string of the molecule is COC1\C=C/C=C\C=C\CC(OC(=O)C2(NC(=O)C3=CCCCC3)CC2)C(C)C(O)/C(C)=C\CCc2cc(O)cc(c2O)NC(=O)C1. The second-order valence-electron chi connectivity index (χ2n) is 12.7. The molecule has 3 aliphatic rings. The Morgan fingerprint density at radius 2 is 1.79 bits per heavy atom. The number of nitrogens with one attached hydrogen (secondary N) is 2. The summed E-state index contributed by atoms with van der Waals surface area (Å²) in [7, 11) is 1.49. The highest BCUT2D eigenvalue weighted by Crippen LogP contribution is 2.39. The molecule has 4 unspecified atom stereocenters. The van der Waals surface area contributed by atoms with Gasteiger partial charge in [0.15, 0.2) is 0 Å². The number of methoxy groups -OCH3 is 1. The van der Waals surface area contributed by atoms with Crippen molar-refractivity contribution in [2.24, 2.45) is 5.92 Å². The molecule has 1 aliphatic heterocycles. The van der Waals surface area contributed by atoms with Crippen molar-refractivity contribution in [3.63, 3.8) is 0 Å². The fourth-order valence-electron chi connectivity index (χ4n) is 5.85. The van der Waals surface area contributed by atoms with Gasteiger partial charge in [-0.25, -0.2) is 4.79 Å². The van der Waals surface area contributed by atoms with Gasteiger partial charge in [-0.1, -0.05) is 55.5 Å². The van der Waals surface area contributed by atoms with Crippen LogP contribution < -0.4 is 10.6 Å². The smallest absolute Gasteiger partial charge is 0.332 e. The number of aliphatic hydroxyl groups excluding tert-OH is 1. The predicted molar refractivity (Wildman–Crippen MR) is 180 cm³/mol. The minimum absolute atomic E-state index is 0.00852. The highest BCUT2D eigenvalue weighted by atomic mass is 16.5. The van der Waals surface area contributed by atoms with E-state index in [4.69, 9.17) is 9.47 Å². The number of ether oxygens (including phenoxy) is 2. The summed E-state index contributed by atoms with van der Waals surface area (Å²) < 4.78 is 11.5. The lowest BCUT2D eigenvalue weighted by Crippen LogP contribution is -2.47. The third kappa shape index (κ3) is 9.92. The lowest BCUT2D eigenvalue weighted by Gasteiger charge is -2.30. The van der Waals surface area contributed by atoms with Crippen molar-refractivity contribution in [1.29, 1.82) is 0 Å². The Hall–Kier alpha value is -4.15. The van der Waals surface area contributed by atoms with E-state index in [0.717, 1.165) is 24.8 Å². The monoisotopic (exact) mass is 648 g/mol. The van der Waals surface area contributed by atoms with E-state index in [2.05, 4.69) is 10.6 Å². The first-order valence-electron chi connectivity index (χ1n) is 16.5. The normalized spacial score (nSPS) is 28.6. The lowest BCUT2D eigenvalue weighted by molar-refractivity contribution is -0.158. The second kappa shape index (κ2) is 16.6. The highest BCUT2D eigenvalue weighted by Gasteiger charge is 2.54. The minimum Gasteiger partial charge on any atom is -0.508 e. The van der Waals surface area contributed by atoms with Gasteiger partial charge >= 0.3 is 5.97 Å². The first kappa shape index (κ1) is 35.7. The molecule has 1 aromatic rings. The Morgan fingerprint density at radius 3 is 2.49 bits per heavy atom. The molecule has 0 radical (unpaired) electrons. The van der Waals surface area contributed by atoms with Gasteiger partial charge in [0.1, 0.15) is 23.1 Å². The van der Waals surface area contributed by atoms with E-state index in [9.17, 15) is 29.7 Å². The number of hydrogen-bond donors (Lipinski definition) is 5. The molecule has 1 fully saturated rings. The van der Waals surface area contributed by atoms with Crippen LogP contribution in [-0.2, 0) is 30.3 Å². The molecule has 1 heterocycles. The van der Waals surface area contributed by atoms with E-state index in [-0.39, 0.29) is 29.5 Å². The van der Waals surface area contributed by atoms with Crippen molar-refractivity contribution in [3.05, 3.63) is 77.5 Å². The molecule has 4 rings (SSSR count). The third-order valence-electron chi connectivity index (χ3n) is 9.07. The largest absolute Gasteiger partial charge is 0.508 e. The van der Waals surface area contributed by atoms with Crippen molar-refractivity contribution in [3.8, 4) is 11.5 Å². The molecule has 1 saturated carbocycles. The number of benzene rings is 1. The van der Waals surface area contributed by atoms with Gasteiger partial charge in [-0.05, 0) is 75.5 Å². The van der Waals surface area contributed by atoms with Crippen molar-refractivity contribution < 1.29 is 39.2 Å². The molecule has 5 N–H and O–H groups in total. The average Bonchev–Trinajstić information content (AvgIpc) is 3.84. The molecule has 47 heavy (non-hydrogen) atoms. The maximum absolute atomic E-state index is 13.5. The number of hydrogen-bond acceptors (Lipinski definition) is 8. The Bertz CT molecular complexity index is 1450. The van der Waals surface area contributed by atoms with E-state index < -0.39 is 41.6 Å². The van der Waals surface area contributed by atoms with Crippen LogP contribution >= 0.6 is 0 Å². The second-order valence-corrected chi connectivity index (χ2v) is 12.7. The zero-order chi connectivity index (χ0) is 34.0. The molecular weight excluding hydrogens is 600 g/mol. The minimum atomic E-state index is -1.04. The van der Waals surface area contributed by atoms with Gasteiger partial charge in [-0.15, -0.1) is 0 Å². The molecule has 10 heteroatoms. The van der Waals surface area contributed by atoms with Crippen molar-refractivity contribution >= 4 is 23.5 Å². The number of fused-ring (bicyclic) bond motifs is 2. The molecule has 2 aliphatic carbocycles. The first-order chi connectivity index (χ1) is 22.5. The summed E-state index contributed by atoms with van der Waals surface area (Å²) >= 11 is 0. The van der Waals surface area contributed by atoms with Crippen molar-refractivity contribution in [2.45, 2.75) is 102 Å². The summed E-state index contributed by atoms with van der Waals surface area (Å²) in [6.07, 6.45) is 18.0. The van der Waals surface area contributed by atoms with Crippen LogP contribution in [0.1, 0.15) is 77.2 Å². The van der Waals surface area contributed by atoms with Crippen molar-refractivity contribution in [1.82, 2.24) is 5.32 Å². The molecule has 0 spiro atoms. The summed E-state index contributed by atoms with van der Waals surface area (Å²) in [6.45, 7) is 3.62. The number of aliphatic hydroxyl groups is 1. The summed E-state index contributed by atoms with van der Waals surface area (Å²) in [5.74, 6) is -1.83. The quantitative estimate of drug-likeness (QED) is 0.122. The summed E-state index contributed by atoms with van der Waals surface area (Å²) in [5.41, 5.74) is 0.868. The van der Waals surface area contributed by atoms with Crippen LogP contribution in [-0.4, -0.2) is 64.1 Å². The topological polar surface area (TPSA) is 154 Å². The summed E-state index contributed by atoms with van der Waals surface area (Å²) in [6, 6.07) is 2.73. The van der Waals surface area contributed by atoms with Crippen LogP contribution in [0.25, 0.3) is 0 Å². The van der Waals surface area contributed by atoms with Gasteiger partial charge < -0.3 is 35.4 Å². The van der Waals surface area contributed by atoms with Crippen LogP contribution in [0.3, 0.4) is 0 Å². The van der Waals surface area contributed by atoms with Gasteiger partial charge in [0.2, 0.25) is 11.8 Å². The number of esters is 1. The van der Waals surface area contributed by atoms with Gasteiger partial charge in [-0.3, -0.25) is 9.59 Å². The molecule has 4 atom stereocenters. The molecule has 0 aromatic heterocycles. The number of aromatic hydroxyl groups is 2. The number of amides is 2. The van der Waals surface area contributed by atoms with Crippen LogP contribution in [0.5, 0.6) is 11.5 Å². The molecule has 2 bridgehead atoms. The van der Waals surface area contributed by atoms with Crippen molar-refractivity contribution in [2.75, 3.05) is 12.4 Å². The van der Waals surface area contributed by atoms with Gasteiger partial charge in [0.05, 0.1) is 24.3 Å². The molecule has 10 nitrogen and oxygen atoms in total. The standard InChI is InChI=1S/C37H48N2O8/c1-24-13-12-16-27-21-28(40)22-30(34(27)43)38-32(41)23-29(46-3)17-10-5-4-6-11-18-31(25(2)33(24)42)47-36(45)37(19-20-37)39-35(44)26-14-8-7-9-15-26/h4-6,10-11,13-14,17,21-22,25,29,31,33,40,42-43H,7-9,12,15-16,18-20,23H2,1-3H3,(H,38,41)(H,39,44)/b5-4-,11-6+,17-10-,24-13-. The molecule has 1 aromatic carbocycles. The number of phenolic OH excluding ortho intramolecular Hbond substituents is 2. The van der Waals surface area contributed by atoms with E-state index in [1.807, 2.05) is 31.2 Å². The fourth-order valence-corrected chi connectivity index (χ4v) is 5.85. The maximum Gasteiger partial charge on any atom is 0.332 e. The summed E-state index contributed by atoms with van der Waals surface area (Å²) in [5, 5.41) is 38.1. The maximum atomic E-state index is 13.5. The van der Waals surface area contributed by atoms with Gasteiger partial charge in [0.25, 0.3) is 0 Å².